The predicted octanol–water partition coefficient (Wildman–Crippen LogP) is 2.05. The summed E-state index contributed by atoms with van der Waals surface area (Å²) in [4.78, 5) is 39.1. The van der Waals surface area contributed by atoms with Crippen LogP contribution in [-0.2, 0) is 43.1 Å². The van der Waals surface area contributed by atoms with Gasteiger partial charge in [-0.3, -0.25) is 14.5 Å². The molecule has 3 rings (SSSR count). The van der Waals surface area contributed by atoms with E-state index < -0.39 is 30.0 Å². The van der Waals surface area contributed by atoms with Crippen LogP contribution in [0.25, 0.3) is 0 Å². The molecule has 0 aliphatic heterocycles. The van der Waals surface area contributed by atoms with Crippen LogP contribution >= 0.6 is 0 Å². The number of carbonyl (C=O) groups excluding carboxylic acids is 3. The maximum Gasteiger partial charge on any atom is 0.330 e. The van der Waals surface area contributed by atoms with Gasteiger partial charge in [-0.2, -0.15) is 0 Å². The average molecular weight is 439 g/mol. The van der Waals surface area contributed by atoms with Crippen molar-refractivity contribution in [2.24, 2.45) is 5.73 Å². The van der Waals surface area contributed by atoms with Gasteiger partial charge in [-0.05, 0) is 49.3 Å². The molecular formula is C25H30N2O5. The molecule has 0 saturated carbocycles. The van der Waals surface area contributed by atoms with Crippen LogP contribution in [-0.4, -0.2) is 54.6 Å². The van der Waals surface area contributed by atoms with Gasteiger partial charge in [0.15, 0.2) is 0 Å². The monoisotopic (exact) mass is 438 g/mol. The van der Waals surface area contributed by atoms with Gasteiger partial charge in [-0.25, -0.2) is 4.79 Å². The SMILES string of the molecule is COC(=O)C(CCc1ccccc1)N(CC(=O)OC(=O)[C@H](C)N)C1Cc2ccccc2C1. The second-order valence-electron chi connectivity index (χ2n) is 8.15. The summed E-state index contributed by atoms with van der Waals surface area (Å²) in [7, 11) is 1.34. The Morgan fingerprint density at radius 2 is 1.59 bits per heavy atom. The molecule has 0 heterocycles. The molecule has 1 aliphatic carbocycles. The van der Waals surface area contributed by atoms with Crippen molar-refractivity contribution in [2.45, 2.75) is 50.7 Å². The Balaban J connectivity index is 1.83. The maximum absolute atomic E-state index is 12.8. The van der Waals surface area contributed by atoms with Crippen molar-refractivity contribution in [1.82, 2.24) is 4.90 Å². The van der Waals surface area contributed by atoms with Crippen molar-refractivity contribution < 1.29 is 23.9 Å². The number of aryl methyl sites for hydroxylation is 1. The quantitative estimate of drug-likeness (QED) is 0.472. The highest BCUT2D eigenvalue weighted by Crippen LogP contribution is 2.28. The summed E-state index contributed by atoms with van der Waals surface area (Å²) >= 11 is 0. The highest BCUT2D eigenvalue weighted by Gasteiger charge is 2.37. The van der Waals surface area contributed by atoms with Gasteiger partial charge in [0.05, 0.1) is 13.7 Å². The van der Waals surface area contributed by atoms with E-state index in [0.717, 1.165) is 5.56 Å². The van der Waals surface area contributed by atoms with Gasteiger partial charge in [0, 0.05) is 6.04 Å². The lowest BCUT2D eigenvalue weighted by Crippen LogP contribution is -2.51. The van der Waals surface area contributed by atoms with Gasteiger partial charge in [0.1, 0.15) is 12.1 Å². The van der Waals surface area contributed by atoms with E-state index in [-0.39, 0.29) is 12.6 Å². The standard InChI is InChI=1S/C25H30N2O5/c1-17(26)24(29)32-23(28)16-27(21-14-19-10-6-7-11-20(19)15-21)22(25(30)31-2)13-12-18-8-4-3-5-9-18/h3-11,17,21-22H,12-16,26H2,1-2H3/t17-,22?/m0/s1. The van der Waals surface area contributed by atoms with Crippen LogP contribution in [0.1, 0.15) is 30.0 Å². The summed E-state index contributed by atoms with van der Waals surface area (Å²) in [6.45, 7) is 1.25. The molecule has 0 radical (unpaired) electrons. The van der Waals surface area contributed by atoms with E-state index in [1.165, 1.54) is 25.2 Å². The van der Waals surface area contributed by atoms with Crippen LogP contribution in [0.5, 0.6) is 0 Å². The Hall–Kier alpha value is -3.03. The molecule has 0 amide bonds. The topological polar surface area (TPSA) is 98.9 Å². The molecule has 1 unspecified atom stereocenters. The summed E-state index contributed by atoms with van der Waals surface area (Å²) < 4.78 is 10.0. The molecule has 2 N–H and O–H groups in total. The van der Waals surface area contributed by atoms with Crippen LogP contribution in [0.15, 0.2) is 54.6 Å². The number of hydrogen-bond donors (Lipinski definition) is 1. The zero-order valence-corrected chi connectivity index (χ0v) is 18.5. The minimum absolute atomic E-state index is 0.0924. The van der Waals surface area contributed by atoms with E-state index >= 15 is 0 Å². The first kappa shape index (κ1) is 23.6. The Kier molecular flexibility index (Phi) is 8.14. The third kappa shape index (κ3) is 6.02. The number of methoxy groups -OCH3 is 1. The number of esters is 3. The van der Waals surface area contributed by atoms with E-state index in [4.69, 9.17) is 15.2 Å². The third-order valence-electron chi connectivity index (χ3n) is 5.82. The average Bonchev–Trinajstić information content (AvgIpc) is 3.22. The minimum Gasteiger partial charge on any atom is -0.468 e. The number of carbonyl (C=O) groups is 3. The Labute approximate surface area is 188 Å². The lowest BCUT2D eigenvalue weighted by atomic mass is 10.0. The minimum atomic E-state index is -0.905. The zero-order chi connectivity index (χ0) is 23.1. The molecule has 2 aromatic rings. The summed E-state index contributed by atoms with van der Waals surface area (Å²) in [5.41, 5.74) is 8.99. The number of nitrogens with two attached hydrogens (primary N) is 1. The van der Waals surface area contributed by atoms with E-state index in [1.807, 2.05) is 47.4 Å². The van der Waals surface area contributed by atoms with E-state index in [2.05, 4.69) is 12.1 Å². The smallest absolute Gasteiger partial charge is 0.330 e. The fourth-order valence-corrected chi connectivity index (χ4v) is 4.15. The second-order valence-corrected chi connectivity index (χ2v) is 8.15. The Morgan fingerprint density at radius 1 is 1.00 bits per heavy atom. The third-order valence-corrected chi connectivity index (χ3v) is 5.82. The van der Waals surface area contributed by atoms with Crippen LogP contribution < -0.4 is 5.73 Å². The van der Waals surface area contributed by atoms with Gasteiger partial charge in [0.2, 0.25) is 0 Å². The number of hydrogen-bond acceptors (Lipinski definition) is 7. The fraction of sp³-hybridized carbons (Fsp3) is 0.400. The molecule has 170 valence electrons. The summed E-state index contributed by atoms with van der Waals surface area (Å²) in [6, 6.07) is 16.3. The predicted molar refractivity (Wildman–Crippen MR) is 120 cm³/mol. The normalized spacial score (nSPS) is 15.1. The number of rotatable bonds is 9. The van der Waals surface area contributed by atoms with E-state index in [0.29, 0.717) is 25.7 Å². The van der Waals surface area contributed by atoms with Gasteiger partial charge in [0.25, 0.3) is 0 Å². The van der Waals surface area contributed by atoms with Crippen LogP contribution in [0, 0.1) is 0 Å². The molecular weight excluding hydrogens is 408 g/mol. The van der Waals surface area contributed by atoms with Crippen molar-refractivity contribution in [2.75, 3.05) is 13.7 Å². The summed E-state index contributed by atoms with van der Waals surface area (Å²) in [5, 5.41) is 0. The number of nitrogens with zero attached hydrogens (tertiary/aromatic N) is 1. The fourth-order valence-electron chi connectivity index (χ4n) is 4.15. The number of benzene rings is 2. The van der Waals surface area contributed by atoms with Crippen molar-refractivity contribution in [3.63, 3.8) is 0 Å². The molecule has 0 spiro atoms. The second kappa shape index (κ2) is 11.0. The molecule has 2 aromatic carbocycles. The molecule has 2 atom stereocenters. The zero-order valence-electron chi connectivity index (χ0n) is 18.5. The Morgan fingerprint density at radius 3 is 2.16 bits per heavy atom. The number of fused-ring (bicyclic) bond motifs is 1. The van der Waals surface area contributed by atoms with Crippen LogP contribution in [0.3, 0.4) is 0 Å². The molecule has 1 aliphatic rings. The molecule has 0 aromatic heterocycles. The lowest BCUT2D eigenvalue weighted by molar-refractivity contribution is -0.162. The van der Waals surface area contributed by atoms with Gasteiger partial charge < -0.3 is 15.2 Å². The molecule has 0 saturated heterocycles. The van der Waals surface area contributed by atoms with Gasteiger partial charge in [-0.15, -0.1) is 0 Å². The molecule has 7 nitrogen and oxygen atoms in total. The molecule has 7 heteroatoms. The highest BCUT2D eigenvalue weighted by atomic mass is 16.6. The summed E-state index contributed by atoms with van der Waals surface area (Å²) in [6.07, 6.45) is 2.51. The first-order chi connectivity index (χ1) is 15.4. The van der Waals surface area contributed by atoms with Crippen molar-refractivity contribution in [3.05, 3.63) is 71.3 Å². The lowest BCUT2D eigenvalue weighted by Gasteiger charge is -2.34. The first-order valence-electron chi connectivity index (χ1n) is 10.8. The van der Waals surface area contributed by atoms with Crippen LogP contribution in [0.2, 0.25) is 0 Å². The van der Waals surface area contributed by atoms with Crippen molar-refractivity contribution in [1.29, 1.82) is 0 Å². The molecule has 0 fully saturated rings. The number of ether oxygens (including phenoxy) is 2. The van der Waals surface area contributed by atoms with Gasteiger partial charge >= 0.3 is 17.9 Å². The molecule has 0 bridgehead atoms. The van der Waals surface area contributed by atoms with E-state index in [1.54, 1.807) is 0 Å². The summed E-state index contributed by atoms with van der Waals surface area (Å²) in [5.74, 6) is -1.93. The largest absolute Gasteiger partial charge is 0.468 e. The van der Waals surface area contributed by atoms with Gasteiger partial charge in [-0.1, -0.05) is 54.6 Å². The Bertz CT molecular complexity index is 919. The van der Waals surface area contributed by atoms with Crippen LogP contribution in [0.4, 0.5) is 0 Å². The van der Waals surface area contributed by atoms with Crippen molar-refractivity contribution in [3.8, 4) is 0 Å². The van der Waals surface area contributed by atoms with E-state index in [9.17, 15) is 14.4 Å². The first-order valence-corrected chi connectivity index (χ1v) is 10.8. The van der Waals surface area contributed by atoms with Crippen molar-refractivity contribution >= 4 is 17.9 Å². The molecule has 32 heavy (non-hydrogen) atoms. The maximum atomic E-state index is 12.8. The highest BCUT2D eigenvalue weighted by molar-refractivity contribution is 5.89.